The van der Waals surface area contributed by atoms with Crippen molar-refractivity contribution in [1.29, 1.82) is 5.26 Å². The average Bonchev–Trinajstić information content (AvgIpc) is 2.75. The molecule has 3 aromatic rings. The van der Waals surface area contributed by atoms with Crippen LogP contribution < -0.4 is 10.6 Å². The zero-order chi connectivity index (χ0) is 20.1. The van der Waals surface area contributed by atoms with Crippen molar-refractivity contribution in [2.24, 2.45) is 0 Å². The first-order valence-corrected chi connectivity index (χ1v) is 9.16. The van der Waals surface area contributed by atoms with Gasteiger partial charge in [-0.2, -0.15) is 5.26 Å². The van der Waals surface area contributed by atoms with E-state index in [1.807, 2.05) is 73.3 Å². The monoisotopic (exact) mass is 367 g/mol. The van der Waals surface area contributed by atoms with Crippen molar-refractivity contribution in [3.8, 4) is 28.3 Å². The van der Waals surface area contributed by atoms with Crippen LogP contribution in [0.25, 0.3) is 27.1 Å². The van der Waals surface area contributed by atoms with Crippen LogP contribution in [0.5, 0.6) is 0 Å². The zero-order valence-corrected chi connectivity index (χ0v) is 16.0. The summed E-state index contributed by atoms with van der Waals surface area (Å²) in [7, 11) is 0. The van der Waals surface area contributed by atoms with Crippen LogP contribution >= 0.6 is 0 Å². The van der Waals surface area contributed by atoms with Crippen LogP contribution in [0.4, 0.5) is 17.3 Å². The van der Waals surface area contributed by atoms with Crippen molar-refractivity contribution in [3.63, 3.8) is 0 Å². The Balaban J connectivity index is 2.30. The van der Waals surface area contributed by atoms with Crippen LogP contribution in [0, 0.1) is 17.9 Å². The van der Waals surface area contributed by atoms with E-state index in [9.17, 15) is 5.26 Å². The number of rotatable bonds is 5. The summed E-state index contributed by atoms with van der Waals surface area (Å²) in [5.41, 5.74) is 10.1. The van der Waals surface area contributed by atoms with E-state index in [0.717, 1.165) is 16.7 Å². The van der Waals surface area contributed by atoms with Gasteiger partial charge in [-0.1, -0.05) is 48.5 Å². The number of nitrogens with zero attached hydrogens (tertiary/aromatic N) is 4. The number of hydrogen-bond acceptors (Lipinski definition) is 4. The van der Waals surface area contributed by atoms with Gasteiger partial charge < -0.3 is 10.6 Å². The number of nitrogen functional groups attached to an aromatic ring is 1. The van der Waals surface area contributed by atoms with Crippen molar-refractivity contribution in [3.05, 3.63) is 71.6 Å². The maximum absolute atomic E-state index is 9.94. The predicted molar refractivity (Wildman–Crippen MR) is 114 cm³/mol. The fraction of sp³-hybridized carbons (Fsp3) is 0.174. The van der Waals surface area contributed by atoms with E-state index in [-0.39, 0.29) is 11.5 Å². The average molecular weight is 367 g/mol. The number of benzene rings is 2. The van der Waals surface area contributed by atoms with Crippen molar-refractivity contribution in [2.45, 2.75) is 13.8 Å². The van der Waals surface area contributed by atoms with Crippen molar-refractivity contribution < 1.29 is 0 Å². The minimum Gasteiger partial charge on any atom is -0.392 e. The molecule has 28 heavy (non-hydrogen) atoms. The Hall–Kier alpha value is -3.83. The van der Waals surface area contributed by atoms with Gasteiger partial charge in [0.1, 0.15) is 17.7 Å². The predicted octanol–water partition coefficient (Wildman–Crippen LogP) is 5.27. The molecule has 0 aliphatic heterocycles. The lowest BCUT2D eigenvalue weighted by Crippen LogP contribution is -2.24. The van der Waals surface area contributed by atoms with E-state index >= 15 is 0 Å². The Kier molecular flexibility index (Phi) is 5.58. The molecule has 5 heteroatoms. The molecule has 3 rings (SSSR count). The Morgan fingerprint density at radius 2 is 1.68 bits per heavy atom. The van der Waals surface area contributed by atoms with Crippen molar-refractivity contribution >= 4 is 17.3 Å². The summed E-state index contributed by atoms with van der Waals surface area (Å²) in [5, 5.41) is 9.94. The first-order valence-electron chi connectivity index (χ1n) is 9.16. The second-order valence-electron chi connectivity index (χ2n) is 6.26. The van der Waals surface area contributed by atoms with Gasteiger partial charge in [0, 0.05) is 18.7 Å². The molecule has 0 unspecified atom stereocenters. The number of anilines is 2. The summed E-state index contributed by atoms with van der Waals surface area (Å²) in [5.74, 6) is 0.675. The van der Waals surface area contributed by atoms with Gasteiger partial charge >= 0.3 is 0 Å². The van der Waals surface area contributed by atoms with Gasteiger partial charge in [0.05, 0.1) is 12.1 Å². The highest BCUT2D eigenvalue weighted by atomic mass is 15.2. The molecule has 0 fully saturated rings. The molecule has 0 atom stereocenters. The molecule has 138 valence electrons. The van der Waals surface area contributed by atoms with Crippen LogP contribution in [-0.2, 0) is 0 Å². The maximum atomic E-state index is 9.94. The van der Waals surface area contributed by atoms with Gasteiger partial charge in [0.15, 0.2) is 0 Å². The molecular formula is C23H21N5. The minimum absolute atomic E-state index is 0.149. The lowest BCUT2D eigenvalue weighted by atomic mass is 9.95. The van der Waals surface area contributed by atoms with E-state index in [0.29, 0.717) is 30.0 Å². The Bertz CT molecular complexity index is 1070. The third kappa shape index (κ3) is 3.39. The number of pyridine rings is 1. The van der Waals surface area contributed by atoms with Crippen molar-refractivity contribution in [1.82, 2.24) is 4.98 Å². The summed E-state index contributed by atoms with van der Waals surface area (Å²) in [6.07, 6.45) is 0. The lowest BCUT2D eigenvalue weighted by Gasteiger charge is -2.23. The molecular weight excluding hydrogens is 346 g/mol. The second kappa shape index (κ2) is 8.24. The SMILES string of the molecule is [C-]#[N+]c1c(N)nc(N(CC)CC)c(C#N)c1-c1cccc(-c2ccccc2)c1. The number of aromatic nitrogens is 1. The molecule has 0 radical (unpaired) electrons. The molecule has 0 spiro atoms. The fourth-order valence-corrected chi connectivity index (χ4v) is 3.32. The van der Waals surface area contributed by atoms with E-state index in [1.165, 1.54) is 0 Å². The maximum Gasteiger partial charge on any atom is 0.237 e. The highest BCUT2D eigenvalue weighted by molar-refractivity contribution is 5.93. The van der Waals surface area contributed by atoms with Crippen molar-refractivity contribution in [2.75, 3.05) is 23.7 Å². The number of hydrogen-bond donors (Lipinski definition) is 1. The Labute approximate surface area is 165 Å². The largest absolute Gasteiger partial charge is 0.392 e. The first kappa shape index (κ1) is 18.9. The van der Waals surface area contributed by atoms with Crippen LogP contribution in [0.15, 0.2) is 54.6 Å². The van der Waals surface area contributed by atoms with E-state index in [1.54, 1.807) is 0 Å². The van der Waals surface area contributed by atoms with Gasteiger partial charge in [0.25, 0.3) is 0 Å². The normalized spacial score (nSPS) is 10.1. The van der Waals surface area contributed by atoms with E-state index < -0.39 is 0 Å². The molecule has 0 saturated heterocycles. The van der Waals surface area contributed by atoms with Gasteiger partial charge in [-0.25, -0.2) is 9.83 Å². The highest BCUT2D eigenvalue weighted by Crippen LogP contribution is 2.42. The van der Waals surface area contributed by atoms with Gasteiger partial charge in [0.2, 0.25) is 5.69 Å². The summed E-state index contributed by atoms with van der Waals surface area (Å²) < 4.78 is 0. The zero-order valence-electron chi connectivity index (χ0n) is 16.0. The first-order chi connectivity index (χ1) is 13.6. The Morgan fingerprint density at radius 3 is 2.29 bits per heavy atom. The number of nitrogens with two attached hydrogens (primary N) is 1. The molecule has 0 aliphatic carbocycles. The molecule has 2 N–H and O–H groups in total. The van der Waals surface area contributed by atoms with Crippen LogP contribution in [0.2, 0.25) is 0 Å². The molecule has 1 heterocycles. The quantitative estimate of drug-likeness (QED) is 0.624. The summed E-state index contributed by atoms with van der Waals surface area (Å²) in [4.78, 5) is 9.97. The van der Waals surface area contributed by atoms with Crippen LogP contribution in [0.3, 0.4) is 0 Å². The third-order valence-corrected chi connectivity index (χ3v) is 4.72. The summed E-state index contributed by atoms with van der Waals surface area (Å²) >= 11 is 0. The Morgan fingerprint density at radius 1 is 1.04 bits per heavy atom. The summed E-state index contributed by atoms with van der Waals surface area (Å²) in [6, 6.07) is 20.1. The molecule has 0 bridgehead atoms. The third-order valence-electron chi connectivity index (χ3n) is 4.72. The molecule has 0 amide bonds. The molecule has 1 aromatic heterocycles. The van der Waals surface area contributed by atoms with E-state index in [2.05, 4.69) is 15.9 Å². The molecule has 5 nitrogen and oxygen atoms in total. The van der Waals surface area contributed by atoms with Gasteiger partial charge in [-0.05, 0) is 36.6 Å². The van der Waals surface area contributed by atoms with Crippen LogP contribution in [0.1, 0.15) is 19.4 Å². The summed E-state index contributed by atoms with van der Waals surface area (Å²) in [6.45, 7) is 13.0. The number of nitriles is 1. The standard InChI is InChI=1S/C23H21N5/c1-4-28(5-2)23-19(15-24)20(21(26-3)22(25)27-23)18-13-9-12-17(14-18)16-10-7-6-8-11-16/h6-14H,4-5H2,1-2H3,(H2,25,27). The van der Waals surface area contributed by atoms with Gasteiger partial charge in [-0.15, -0.1) is 0 Å². The topological polar surface area (TPSA) is 70.3 Å². The van der Waals surface area contributed by atoms with E-state index in [4.69, 9.17) is 12.3 Å². The molecule has 0 saturated carbocycles. The lowest BCUT2D eigenvalue weighted by molar-refractivity contribution is 0.846. The van der Waals surface area contributed by atoms with Crippen LogP contribution in [-0.4, -0.2) is 18.1 Å². The van der Waals surface area contributed by atoms with Gasteiger partial charge in [-0.3, -0.25) is 0 Å². The molecule has 2 aromatic carbocycles. The molecule has 0 aliphatic rings. The highest BCUT2D eigenvalue weighted by Gasteiger charge is 2.22. The second-order valence-corrected chi connectivity index (χ2v) is 6.26. The smallest absolute Gasteiger partial charge is 0.237 e. The fourth-order valence-electron chi connectivity index (χ4n) is 3.32. The minimum atomic E-state index is 0.149.